The third kappa shape index (κ3) is 2.89. The van der Waals surface area contributed by atoms with Crippen molar-refractivity contribution < 1.29 is 0 Å². The molecule has 4 rings (SSSR count). The SMILES string of the molecule is Clc1cc2ncccc2c(-n2cc(CNc3ncccn3)cn2)n1. The molecule has 1 N–H and O–H groups in total. The van der Waals surface area contributed by atoms with Crippen LogP contribution in [0.15, 0.2) is 55.2 Å². The van der Waals surface area contributed by atoms with Crippen molar-refractivity contribution in [2.45, 2.75) is 6.54 Å². The molecule has 4 heterocycles. The molecule has 24 heavy (non-hydrogen) atoms. The first-order chi connectivity index (χ1) is 11.8. The molecule has 0 amide bonds. The Morgan fingerprint density at radius 3 is 2.79 bits per heavy atom. The van der Waals surface area contributed by atoms with Gasteiger partial charge < -0.3 is 5.32 Å². The lowest BCUT2D eigenvalue weighted by atomic mass is 10.2. The Balaban J connectivity index is 1.63. The minimum Gasteiger partial charge on any atom is -0.350 e. The number of rotatable bonds is 4. The quantitative estimate of drug-likeness (QED) is 0.577. The number of fused-ring (bicyclic) bond motifs is 1. The number of pyridine rings is 2. The summed E-state index contributed by atoms with van der Waals surface area (Å²) in [5.74, 6) is 1.22. The molecule has 7 nitrogen and oxygen atoms in total. The summed E-state index contributed by atoms with van der Waals surface area (Å²) in [6.07, 6.45) is 8.75. The number of hydrogen-bond donors (Lipinski definition) is 1. The van der Waals surface area contributed by atoms with Gasteiger partial charge in [0.25, 0.3) is 0 Å². The first kappa shape index (κ1) is 14.5. The molecule has 0 saturated heterocycles. The molecule has 0 spiro atoms. The van der Waals surface area contributed by atoms with Gasteiger partial charge in [0.15, 0.2) is 5.82 Å². The van der Waals surface area contributed by atoms with Gasteiger partial charge in [0, 0.05) is 48.3 Å². The van der Waals surface area contributed by atoms with E-state index in [4.69, 9.17) is 11.6 Å². The van der Waals surface area contributed by atoms with E-state index in [1.807, 2.05) is 18.3 Å². The molecule has 0 radical (unpaired) electrons. The lowest BCUT2D eigenvalue weighted by Gasteiger charge is -2.05. The highest BCUT2D eigenvalue weighted by molar-refractivity contribution is 6.30. The van der Waals surface area contributed by atoms with Crippen LogP contribution in [0.2, 0.25) is 5.15 Å². The molecule has 0 aliphatic rings. The molecule has 8 heteroatoms. The first-order valence-electron chi connectivity index (χ1n) is 7.26. The maximum Gasteiger partial charge on any atom is 0.222 e. The van der Waals surface area contributed by atoms with Crippen LogP contribution in [0, 0.1) is 0 Å². The van der Waals surface area contributed by atoms with Crippen molar-refractivity contribution in [3.8, 4) is 5.82 Å². The van der Waals surface area contributed by atoms with E-state index in [9.17, 15) is 0 Å². The molecular weight excluding hydrogens is 326 g/mol. The number of anilines is 1. The summed E-state index contributed by atoms with van der Waals surface area (Å²) in [5.41, 5.74) is 1.75. The fourth-order valence-corrected chi connectivity index (χ4v) is 2.52. The Hall–Kier alpha value is -3.06. The second-order valence-electron chi connectivity index (χ2n) is 5.06. The van der Waals surface area contributed by atoms with Crippen LogP contribution in [0.5, 0.6) is 0 Å². The van der Waals surface area contributed by atoms with Crippen LogP contribution in [0.1, 0.15) is 5.56 Å². The van der Waals surface area contributed by atoms with E-state index >= 15 is 0 Å². The summed E-state index contributed by atoms with van der Waals surface area (Å²) in [4.78, 5) is 16.9. The maximum atomic E-state index is 6.10. The molecule has 0 fully saturated rings. The molecule has 0 atom stereocenters. The Morgan fingerprint density at radius 1 is 1.08 bits per heavy atom. The van der Waals surface area contributed by atoms with Crippen molar-refractivity contribution in [3.63, 3.8) is 0 Å². The van der Waals surface area contributed by atoms with Gasteiger partial charge in [-0.15, -0.1) is 0 Å². The molecule has 4 aromatic rings. The largest absolute Gasteiger partial charge is 0.350 e. The highest BCUT2D eigenvalue weighted by Crippen LogP contribution is 2.22. The third-order valence-corrected chi connectivity index (χ3v) is 3.61. The summed E-state index contributed by atoms with van der Waals surface area (Å²) in [5, 5.41) is 8.78. The number of hydrogen-bond acceptors (Lipinski definition) is 6. The average molecular weight is 338 g/mol. The molecule has 0 saturated carbocycles. The first-order valence-corrected chi connectivity index (χ1v) is 7.63. The molecule has 0 aliphatic heterocycles. The molecule has 0 bridgehead atoms. The Kier molecular flexibility index (Phi) is 3.76. The van der Waals surface area contributed by atoms with E-state index < -0.39 is 0 Å². The van der Waals surface area contributed by atoms with Gasteiger partial charge in [-0.3, -0.25) is 4.98 Å². The van der Waals surface area contributed by atoms with Gasteiger partial charge in [0.1, 0.15) is 5.15 Å². The Morgan fingerprint density at radius 2 is 1.92 bits per heavy atom. The fourth-order valence-electron chi connectivity index (χ4n) is 2.34. The Bertz CT molecular complexity index is 984. The van der Waals surface area contributed by atoms with Crippen molar-refractivity contribution in [2.75, 3.05) is 5.32 Å². The highest BCUT2D eigenvalue weighted by Gasteiger charge is 2.09. The molecule has 0 unspecified atom stereocenters. The van der Waals surface area contributed by atoms with Gasteiger partial charge >= 0.3 is 0 Å². The van der Waals surface area contributed by atoms with Crippen molar-refractivity contribution in [1.82, 2.24) is 29.7 Å². The minimum absolute atomic E-state index is 0.379. The summed E-state index contributed by atoms with van der Waals surface area (Å²) >= 11 is 6.10. The van der Waals surface area contributed by atoms with Crippen LogP contribution in [0.25, 0.3) is 16.7 Å². The zero-order valence-electron chi connectivity index (χ0n) is 12.5. The summed E-state index contributed by atoms with van der Waals surface area (Å²) in [7, 11) is 0. The zero-order chi connectivity index (χ0) is 16.4. The highest BCUT2D eigenvalue weighted by atomic mass is 35.5. The fraction of sp³-hybridized carbons (Fsp3) is 0.0625. The van der Waals surface area contributed by atoms with Gasteiger partial charge in [0.2, 0.25) is 5.95 Å². The van der Waals surface area contributed by atoms with Crippen LogP contribution in [-0.2, 0) is 6.54 Å². The van der Waals surface area contributed by atoms with Crippen molar-refractivity contribution in [2.24, 2.45) is 0 Å². The lowest BCUT2D eigenvalue weighted by molar-refractivity contribution is 0.855. The smallest absolute Gasteiger partial charge is 0.222 e. The normalized spacial score (nSPS) is 10.9. The molecule has 0 aliphatic carbocycles. The number of nitrogens with one attached hydrogen (secondary N) is 1. The van der Waals surface area contributed by atoms with Crippen LogP contribution < -0.4 is 5.32 Å². The zero-order valence-corrected chi connectivity index (χ0v) is 13.2. The molecule has 4 aromatic heterocycles. The van der Waals surface area contributed by atoms with E-state index in [1.165, 1.54) is 0 Å². The average Bonchev–Trinajstić information content (AvgIpc) is 3.09. The number of nitrogens with zero attached hydrogens (tertiary/aromatic N) is 6. The minimum atomic E-state index is 0.379. The van der Waals surface area contributed by atoms with Crippen LogP contribution in [0.3, 0.4) is 0 Å². The van der Waals surface area contributed by atoms with Crippen LogP contribution in [-0.4, -0.2) is 29.7 Å². The second-order valence-corrected chi connectivity index (χ2v) is 5.45. The predicted molar refractivity (Wildman–Crippen MR) is 91.0 cm³/mol. The standard InChI is InChI=1S/C16H12ClN7/c17-14-7-13-12(3-1-4-18-13)15(23-14)24-10-11(9-22-24)8-21-16-19-5-2-6-20-16/h1-7,9-10H,8H2,(H,19,20,21). The van der Waals surface area contributed by atoms with Gasteiger partial charge in [-0.1, -0.05) is 11.6 Å². The second kappa shape index (κ2) is 6.21. The van der Waals surface area contributed by atoms with Gasteiger partial charge in [-0.2, -0.15) is 5.10 Å². The number of aromatic nitrogens is 6. The molecule has 118 valence electrons. The van der Waals surface area contributed by atoms with E-state index in [-0.39, 0.29) is 0 Å². The molecular formula is C16H12ClN7. The summed E-state index contributed by atoms with van der Waals surface area (Å²) in [6, 6.07) is 7.31. The van der Waals surface area contributed by atoms with Crippen molar-refractivity contribution in [3.05, 3.63) is 66.0 Å². The van der Waals surface area contributed by atoms with Crippen molar-refractivity contribution in [1.29, 1.82) is 0 Å². The van der Waals surface area contributed by atoms with Crippen LogP contribution in [0.4, 0.5) is 5.95 Å². The topological polar surface area (TPSA) is 81.4 Å². The van der Waals surface area contributed by atoms with Gasteiger partial charge in [-0.25, -0.2) is 19.6 Å². The van der Waals surface area contributed by atoms with Crippen LogP contribution >= 0.6 is 11.6 Å². The van der Waals surface area contributed by atoms with Crippen molar-refractivity contribution >= 4 is 28.5 Å². The van der Waals surface area contributed by atoms with Gasteiger partial charge in [-0.05, 0) is 18.2 Å². The van der Waals surface area contributed by atoms with E-state index in [1.54, 1.807) is 41.6 Å². The van der Waals surface area contributed by atoms with Gasteiger partial charge in [0.05, 0.1) is 11.7 Å². The van der Waals surface area contributed by atoms with E-state index in [2.05, 4.69) is 30.4 Å². The summed E-state index contributed by atoms with van der Waals surface area (Å²) in [6.45, 7) is 0.556. The lowest BCUT2D eigenvalue weighted by Crippen LogP contribution is -2.02. The van der Waals surface area contributed by atoms with E-state index in [0.717, 1.165) is 16.5 Å². The molecule has 0 aromatic carbocycles. The summed E-state index contributed by atoms with van der Waals surface area (Å²) < 4.78 is 1.69. The number of halogens is 1. The Labute approximate surface area is 142 Å². The monoisotopic (exact) mass is 337 g/mol. The maximum absolute atomic E-state index is 6.10. The van der Waals surface area contributed by atoms with E-state index in [0.29, 0.717) is 23.5 Å². The predicted octanol–water partition coefficient (Wildman–Crippen LogP) is 2.87. The third-order valence-electron chi connectivity index (χ3n) is 3.42.